The summed E-state index contributed by atoms with van der Waals surface area (Å²) < 4.78 is 1.11. The maximum absolute atomic E-state index is 11.3. The normalized spacial score (nSPS) is 20.9. The second kappa shape index (κ2) is 5.00. The van der Waals surface area contributed by atoms with Gasteiger partial charge in [0, 0.05) is 30.4 Å². The van der Waals surface area contributed by atoms with Crippen LogP contribution in [0.1, 0.15) is 31.2 Å². The number of likely N-dealkylation sites (tertiary alicyclic amines) is 1. The number of rotatable bonds is 1. The summed E-state index contributed by atoms with van der Waals surface area (Å²) in [5, 5.41) is 0. The summed E-state index contributed by atoms with van der Waals surface area (Å²) >= 11 is 3.44. The first kappa shape index (κ1) is 11.6. The lowest BCUT2D eigenvalue weighted by Gasteiger charge is -2.32. The summed E-state index contributed by atoms with van der Waals surface area (Å²) in [6.45, 7) is 3.45. The van der Waals surface area contributed by atoms with E-state index in [1.807, 2.05) is 4.90 Å². The molecule has 2 nitrogen and oxygen atoms in total. The Morgan fingerprint density at radius 1 is 1.38 bits per heavy atom. The van der Waals surface area contributed by atoms with Crippen molar-refractivity contribution in [3.05, 3.63) is 34.3 Å². The molecule has 1 amide bonds. The fourth-order valence-electron chi connectivity index (χ4n) is 2.27. The highest BCUT2D eigenvalue weighted by atomic mass is 79.9. The SMILES string of the molecule is CC(=O)N1CCCC(c2ccc(Br)cc2)C1. The van der Waals surface area contributed by atoms with Gasteiger partial charge in [-0.2, -0.15) is 0 Å². The van der Waals surface area contributed by atoms with Gasteiger partial charge in [-0.15, -0.1) is 0 Å². The molecule has 0 spiro atoms. The number of hydrogen-bond donors (Lipinski definition) is 0. The van der Waals surface area contributed by atoms with Crippen LogP contribution in [-0.4, -0.2) is 23.9 Å². The van der Waals surface area contributed by atoms with Gasteiger partial charge >= 0.3 is 0 Å². The molecule has 0 radical (unpaired) electrons. The molecule has 1 fully saturated rings. The Morgan fingerprint density at radius 2 is 2.06 bits per heavy atom. The van der Waals surface area contributed by atoms with E-state index in [4.69, 9.17) is 0 Å². The summed E-state index contributed by atoms with van der Waals surface area (Å²) in [5.41, 5.74) is 1.34. The summed E-state index contributed by atoms with van der Waals surface area (Å²) in [7, 11) is 0. The van der Waals surface area contributed by atoms with Gasteiger partial charge in [0.15, 0.2) is 0 Å². The number of carbonyl (C=O) groups is 1. The maximum atomic E-state index is 11.3. The van der Waals surface area contributed by atoms with Crippen LogP contribution in [0, 0.1) is 0 Å². The minimum Gasteiger partial charge on any atom is -0.342 e. The van der Waals surface area contributed by atoms with Crippen molar-refractivity contribution in [2.24, 2.45) is 0 Å². The van der Waals surface area contributed by atoms with Crippen molar-refractivity contribution < 1.29 is 4.79 Å². The Morgan fingerprint density at radius 3 is 2.69 bits per heavy atom. The molecule has 1 aliphatic heterocycles. The lowest BCUT2D eigenvalue weighted by Crippen LogP contribution is -2.37. The summed E-state index contributed by atoms with van der Waals surface area (Å²) in [5.74, 6) is 0.701. The van der Waals surface area contributed by atoms with Gasteiger partial charge in [0.05, 0.1) is 0 Å². The van der Waals surface area contributed by atoms with Crippen molar-refractivity contribution in [3.8, 4) is 0 Å². The number of piperidine rings is 1. The molecular formula is C13H16BrNO. The predicted molar refractivity (Wildman–Crippen MR) is 68.4 cm³/mol. The average Bonchev–Trinajstić information content (AvgIpc) is 2.30. The number of benzene rings is 1. The van der Waals surface area contributed by atoms with E-state index in [2.05, 4.69) is 40.2 Å². The van der Waals surface area contributed by atoms with Gasteiger partial charge in [-0.05, 0) is 30.5 Å². The minimum atomic E-state index is 0.196. The Bertz CT molecular complexity index is 374. The third kappa shape index (κ3) is 2.64. The molecule has 1 atom stereocenters. The summed E-state index contributed by atoms with van der Waals surface area (Å²) in [6.07, 6.45) is 2.30. The molecule has 0 aromatic heterocycles. The van der Waals surface area contributed by atoms with Gasteiger partial charge in [0.25, 0.3) is 0 Å². The molecule has 1 unspecified atom stereocenters. The molecule has 1 aromatic carbocycles. The molecule has 0 saturated carbocycles. The van der Waals surface area contributed by atoms with E-state index in [0.717, 1.165) is 24.0 Å². The van der Waals surface area contributed by atoms with E-state index < -0.39 is 0 Å². The van der Waals surface area contributed by atoms with Crippen LogP contribution < -0.4 is 0 Å². The van der Waals surface area contributed by atoms with Crippen LogP contribution in [0.2, 0.25) is 0 Å². The standard InChI is InChI=1S/C13H16BrNO/c1-10(16)15-8-2-3-12(9-15)11-4-6-13(14)7-5-11/h4-7,12H,2-3,8-9H2,1H3. The number of amides is 1. The number of hydrogen-bond acceptors (Lipinski definition) is 1. The lowest BCUT2D eigenvalue weighted by atomic mass is 9.91. The molecule has 0 aliphatic carbocycles. The zero-order valence-electron chi connectivity index (χ0n) is 9.45. The first-order valence-corrected chi connectivity index (χ1v) is 6.47. The Kier molecular flexibility index (Phi) is 3.64. The second-order valence-electron chi connectivity index (χ2n) is 4.36. The van der Waals surface area contributed by atoms with Crippen LogP contribution in [0.25, 0.3) is 0 Å². The van der Waals surface area contributed by atoms with Crippen molar-refractivity contribution in [2.45, 2.75) is 25.7 Å². The average molecular weight is 282 g/mol. The first-order chi connectivity index (χ1) is 7.66. The molecule has 2 rings (SSSR count). The Balaban J connectivity index is 2.09. The van der Waals surface area contributed by atoms with Crippen LogP contribution >= 0.6 is 15.9 Å². The van der Waals surface area contributed by atoms with Gasteiger partial charge in [0.2, 0.25) is 5.91 Å². The largest absolute Gasteiger partial charge is 0.342 e. The third-order valence-corrected chi connectivity index (χ3v) is 3.74. The van der Waals surface area contributed by atoms with E-state index in [0.29, 0.717) is 5.92 Å². The van der Waals surface area contributed by atoms with Crippen LogP contribution in [0.3, 0.4) is 0 Å². The van der Waals surface area contributed by atoms with E-state index >= 15 is 0 Å². The van der Waals surface area contributed by atoms with Crippen molar-refractivity contribution in [1.82, 2.24) is 4.90 Å². The van der Waals surface area contributed by atoms with Crippen LogP contribution in [0.4, 0.5) is 0 Å². The molecule has 1 heterocycles. The minimum absolute atomic E-state index is 0.196. The van der Waals surface area contributed by atoms with Crippen molar-refractivity contribution >= 4 is 21.8 Å². The molecule has 16 heavy (non-hydrogen) atoms. The van der Waals surface area contributed by atoms with E-state index in [-0.39, 0.29) is 5.91 Å². The Hall–Kier alpha value is -0.830. The monoisotopic (exact) mass is 281 g/mol. The number of nitrogens with zero attached hydrogens (tertiary/aromatic N) is 1. The van der Waals surface area contributed by atoms with Crippen molar-refractivity contribution in [2.75, 3.05) is 13.1 Å². The molecule has 1 saturated heterocycles. The lowest BCUT2D eigenvalue weighted by molar-refractivity contribution is -0.130. The Labute approximate surface area is 105 Å². The maximum Gasteiger partial charge on any atom is 0.219 e. The quantitative estimate of drug-likeness (QED) is 0.774. The zero-order chi connectivity index (χ0) is 11.5. The van der Waals surface area contributed by atoms with E-state index in [1.165, 1.54) is 12.0 Å². The summed E-state index contributed by atoms with van der Waals surface area (Å²) in [4.78, 5) is 13.3. The second-order valence-corrected chi connectivity index (χ2v) is 5.27. The molecule has 1 aliphatic rings. The van der Waals surface area contributed by atoms with Crippen LogP contribution in [0.5, 0.6) is 0 Å². The molecule has 0 bridgehead atoms. The zero-order valence-corrected chi connectivity index (χ0v) is 11.0. The molecule has 1 aromatic rings. The fraction of sp³-hybridized carbons (Fsp3) is 0.462. The molecular weight excluding hydrogens is 266 g/mol. The third-order valence-electron chi connectivity index (χ3n) is 3.21. The molecule has 3 heteroatoms. The topological polar surface area (TPSA) is 20.3 Å². The van der Waals surface area contributed by atoms with Crippen LogP contribution in [-0.2, 0) is 4.79 Å². The fourth-order valence-corrected chi connectivity index (χ4v) is 2.53. The predicted octanol–water partition coefficient (Wildman–Crippen LogP) is 3.18. The first-order valence-electron chi connectivity index (χ1n) is 5.68. The highest BCUT2D eigenvalue weighted by molar-refractivity contribution is 9.10. The number of halogens is 1. The highest BCUT2D eigenvalue weighted by Crippen LogP contribution is 2.27. The van der Waals surface area contributed by atoms with Crippen molar-refractivity contribution in [3.63, 3.8) is 0 Å². The highest BCUT2D eigenvalue weighted by Gasteiger charge is 2.22. The molecule has 86 valence electrons. The van der Waals surface area contributed by atoms with Gasteiger partial charge < -0.3 is 4.90 Å². The van der Waals surface area contributed by atoms with Crippen molar-refractivity contribution in [1.29, 1.82) is 0 Å². The number of carbonyl (C=O) groups excluding carboxylic acids is 1. The van der Waals surface area contributed by atoms with Gasteiger partial charge in [-0.1, -0.05) is 28.1 Å². The van der Waals surface area contributed by atoms with Gasteiger partial charge in [0.1, 0.15) is 0 Å². The molecule has 0 N–H and O–H groups in total. The van der Waals surface area contributed by atoms with E-state index in [1.54, 1.807) is 6.92 Å². The van der Waals surface area contributed by atoms with E-state index in [9.17, 15) is 4.79 Å². The smallest absolute Gasteiger partial charge is 0.219 e. The van der Waals surface area contributed by atoms with Gasteiger partial charge in [-0.3, -0.25) is 4.79 Å². The van der Waals surface area contributed by atoms with Crippen LogP contribution in [0.15, 0.2) is 28.7 Å². The summed E-state index contributed by atoms with van der Waals surface area (Å²) in [6, 6.07) is 8.45. The van der Waals surface area contributed by atoms with Gasteiger partial charge in [-0.25, -0.2) is 0 Å².